The lowest BCUT2D eigenvalue weighted by atomic mass is 10.1. The number of nitro groups is 1. The van der Waals surface area contributed by atoms with Crippen molar-refractivity contribution >= 4 is 29.5 Å². The quantitative estimate of drug-likeness (QED) is 0.251. The van der Waals surface area contributed by atoms with Crippen LogP contribution in [-0.2, 0) is 19.1 Å². The molecule has 1 rings (SSSR count). The van der Waals surface area contributed by atoms with Gasteiger partial charge in [-0.2, -0.15) is 0 Å². The predicted octanol–water partition coefficient (Wildman–Crippen LogP) is 2.04. The molecule has 0 saturated carbocycles. The number of esters is 2. The summed E-state index contributed by atoms with van der Waals surface area (Å²) in [5, 5.41) is 10.7. The average Bonchev–Trinajstić information content (AvgIpc) is 2.48. The Hall–Kier alpha value is -2.77. The topological polar surface area (TPSA) is 108 Å². The van der Waals surface area contributed by atoms with Crippen LogP contribution in [0.2, 0.25) is 0 Å². The number of ether oxygens (including phenoxy) is 2. The van der Waals surface area contributed by atoms with Crippen molar-refractivity contribution in [1.29, 1.82) is 0 Å². The van der Waals surface area contributed by atoms with Crippen LogP contribution in [-0.4, -0.2) is 36.3 Å². The third-order valence-electron chi connectivity index (χ3n) is 2.49. The van der Waals surface area contributed by atoms with Crippen LogP contribution in [0.1, 0.15) is 13.8 Å². The first-order chi connectivity index (χ1) is 10.5. The number of benzene rings is 1. The number of nitro benzene ring substituents is 1. The number of nitrogens with zero attached hydrogens (tertiary/aromatic N) is 2. The normalized spacial score (nSPS) is 10.7. The first-order valence-corrected chi connectivity index (χ1v) is 6.61. The molecule has 1 aromatic rings. The van der Waals surface area contributed by atoms with E-state index in [1.165, 1.54) is 24.3 Å². The average molecular weight is 308 g/mol. The summed E-state index contributed by atoms with van der Waals surface area (Å²) < 4.78 is 9.57. The van der Waals surface area contributed by atoms with Crippen molar-refractivity contribution in [2.24, 2.45) is 10.9 Å². The van der Waals surface area contributed by atoms with E-state index < -0.39 is 22.8 Å². The van der Waals surface area contributed by atoms with E-state index in [9.17, 15) is 19.7 Å². The summed E-state index contributed by atoms with van der Waals surface area (Å²) in [7, 11) is 0. The van der Waals surface area contributed by atoms with Crippen molar-refractivity contribution in [2.45, 2.75) is 13.8 Å². The zero-order valence-electron chi connectivity index (χ0n) is 12.2. The second-order valence-electron chi connectivity index (χ2n) is 4.04. The molecule has 0 aliphatic carbocycles. The van der Waals surface area contributed by atoms with Gasteiger partial charge in [-0.3, -0.25) is 24.7 Å². The van der Waals surface area contributed by atoms with Gasteiger partial charge in [-0.15, -0.1) is 0 Å². The standard InChI is InChI=1S/C14H16N2O6/c1-3-21-13(17)12(14(18)22-4-2)9-15-10-6-5-7-11(8-10)16(19)20/h5-9,12H,3-4H2,1-2H3. The van der Waals surface area contributed by atoms with E-state index in [1.807, 2.05) is 0 Å². The summed E-state index contributed by atoms with van der Waals surface area (Å²) in [5.41, 5.74) is 0.103. The van der Waals surface area contributed by atoms with Crippen LogP contribution in [0.5, 0.6) is 0 Å². The summed E-state index contributed by atoms with van der Waals surface area (Å²) in [6.45, 7) is 3.44. The third-order valence-corrected chi connectivity index (χ3v) is 2.49. The number of carbonyl (C=O) groups is 2. The van der Waals surface area contributed by atoms with Gasteiger partial charge < -0.3 is 9.47 Å². The first-order valence-electron chi connectivity index (χ1n) is 6.61. The highest BCUT2D eigenvalue weighted by Gasteiger charge is 2.27. The monoisotopic (exact) mass is 308 g/mol. The molecule has 0 N–H and O–H groups in total. The summed E-state index contributed by atoms with van der Waals surface area (Å²) >= 11 is 0. The van der Waals surface area contributed by atoms with Crippen LogP contribution in [0.15, 0.2) is 29.3 Å². The van der Waals surface area contributed by atoms with Gasteiger partial charge in [-0.05, 0) is 19.9 Å². The van der Waals surface area contributed by atoms with Gasteiger partial charge in [0.15, 0.2) is 5.92 Å². The van der Waals surface area contributed by atoms with Crippen LogP contribution in [0.3, 0.4) is 0 Å². The number of rotatable bonds is 7. The molecule has 0 aliphatic heterocycles. The van der Waals surface area contributed by atoms with Gasteiger partial charge in [-0.25, -0.2) is 0 Å². The lowest BCUT2D eigenvalue weighted by Crippen LogP contribution is -2.29. The van der Waals surface area contributed by atoms with Crippen molar-refractivity contribution in [1.82, 2.24) is 0 Å². The molecule has 0 amide bonds. The second kappa shape index (κ2) is 8.50. The largest absolute Gasteiger partial charge is 0.465 e. The number of hydrogen-bond acceptors (Lipinski definition) is 7. The fourth-order valence-electron chi connectivity index (χ4n) is 1.53. The van der Waals surface area contributed by atoms with Crippen molar-refractivity contribution in [3.05, 3.63) is 34.4 Å². The Kier molecular flexibility index (Phi) is 6.68. The van der Waals surface area contributed by atoms with Crippen LogP contribution in [0.25, 0.3) is 0 Å². The van der Waals surface area contributed by atoms with E-state index >= 15 is 0 Å². The predicted molar refractivity (Wildman–Crippen MR) is 78.0 cm³/mol. The molecule has 0 aromatic heterocycles. The zero-order valence-corrected chi connectivity index (χ0v) is 12.2. The molecule has 0 atom stereocenters. The van der Waals surface area contributed by atoms with Gasteiger partial charge >= 0.3 is 11.9 Å². The van der Waals surface area contributed by atoms with Crippen molar-refractivity contribution in [3.8, 4) is 0 Å². The van der Waals surface area contributed by atoms with Gasteiger partial charge in [0.1, 0.15) is 0 Å². The minimum atomic E-state index is -1.31. The summed E-state index contributed by atoms with van der Waals surface area (Å²) in [6.07, 6.45) is 1.06. The maximum atomic E-state index is 11.7. The maximum Gasteiger partial charge on any atom is 0.325 e. The highest BCUT2D eigenvalue weighted by atomic mass is 16.6. The van der Waals surface area contributed by atoms with Crippen LogP contribution < -0.4 is 0 Å². The van der Waals surface area contributed by atoms with Crippen LogP contribution in [0, 0.1) is 16.0 Å². The minimum Gasteiger partial charge on any atom is -0.465 e. The Bertz CT molecular complexity index is 566. The molecule has 0 fully saturated rings. The van der Waals surface area contributed by atoms with E-state index in [0.717, 1.165) is 6.21 Å². The van der Waals surface area contributed by atoms with Gasteiger partial charge in [0, 0.05) is 18.3 Å². The highest BCUT2D eigenvalue weighted by molar-refractivity contribution is 6.09. The molecule has 0 bridgehead atoms. The summed E-state index contributed by atoms with van der Waals surface area (Å²) in [6, 6.07) is 5.50. The molecular weight excluding hydrogens is 292 g/mol. The highest BCUT2D eigenvalue weighted by Crippen LogP contribution is 2.19. The van der Waals surface area contributed by atoms with Gasteiger partial charge in [0.05, 0.1) is 23.8 Å². The van der Waals surface area contributed by atoms with E-state index in [2.05, 4.69) is 4.99 Å². The van der Waals surface area contributed by atoms with E-state index in [0.29, 0.717) is 0 Å². The molecule has 0 heterocycles. The minimum absolute atomic E-state index is 0.111. The molecule has 22 heavy (non-hydrogen) atoms. The van der Waals surface area contributed by atoms with Gasteiger partial charge in [-0.1, -0.05) is 6.07 Å². The molecule has 118 valence electrons. The number of carbonyl (C=O) groups excluding carboxylic acids is 2. The molecule has 8 heteroatoms. The summed E-state index contributed by atoms with van der Waals surface area (Å²) in [5.74, 6) is -2.87. The zero-order chi connectivity index (χ0) is 16.5. The molecule has 0 spiro atoms. The molecule has 0 saturated heterocycles. The Balaban J connectivity index is 2.97. The lowest BCUT2D eigenvalue weighted by Gasteiger charge is -2.09. The molecule has 8 nitrogen and oxygen atoms in total. The number of non-ortho nitro benzene ring substituents is 1. The van der Waals surface area contributed by atoms with E-state index in [-0.39, 0.29) is 24.6 Å². The summed E-state index contributed by atoms with van der Waals surface area (Å²) in [4.78, 5) is 37.5. The van der Waals surface area contributed by atoms with Crippen LogP contribution in [0.4, 0.5) is 11.4 Å². The van der Waals surface area contributed by atoms with Gasteiger partial charge in [0.2, 0.25) is 0 Å². The molecular formula is C14H16N2O6. The smallest absolute Gasteiger partial charge is 0.325 e. The third kappa shape index (κ3) is 4.97. The SMILES string of the molecule is CCOC(=O)C(C=Nc1cccc([N+](=O)[O-])c1)C(=O)OCC. The second-order valence-corrected chi connectivity index (χ2v) is 4.04. The Morgan fingerprint density at radius 3 is 2.36 bits per heavy atom. The molecule has 0 radical (unpaired) electrons. The molecule has 1 aromatic carbocycles. The first kappa shape index (κ1) is 17.3. The fourth-order valence-corrected chi connectivity index (χ4v) is 1.53. The number of aliphatic imine (C=N–C) groups is 1. The van der Waals surface area contributed by atoms with Gasteiger partial charge in [0.25, 0.3) is 5.69 Å². The Morgan fingerprint density at radius 1 is 1.27 bits per heavy atom. The van der Waals surface area contributed by atoms with Crippen molar-refractivity contribution in [2.75, 3.05) is 13.2 Å². The molecule has 0 unspecified atom stereocenters. The van der Waals surface area contributed by atoms with Crippen LogP contribution >= 0.6 is 0 Å². The fraction of sp³-hybridized carbons (Fsp3) is 0.357. The van der Waals surface area contributed by atoms with Crippen molar-refractivity contribution < 1.29 is 24.0 Å². The van der Waals surface area contributed by atoms with Crippen molar-refractivity contribution in [3.63, 3.8) is 0 Å². The van der Waals surface area contributed by atoms with E-state index in [1.54, 1.807) is 13.8 Å². The lowest BCUT2D eigenvalue weighted by molar-refractivity contribution is -0.384. The Morgan fingerprint density at radius 2 is 1.86 bits per heavy atom. The number of hydrogen-bond donors (Lipinski definition) is 0. The van der Waals surface area contributed by atoms with E-state index in [4.69, 9.17) is 9.47 Å². The maximum absolute atomic E-state index is 11.7. The Labute approximate surface area is 126 Å². The molecule has 0 aliphatic rings.